The summed E-state index contributed by atoms with van der Waals surface area (Å²) < 4.78 is 17.4. The van der Waals surface area contributed by atoms with Crippen LogP contribution < -0.4 is 14.8 Å². The van der Waals surface area contributed by atoms with Crippen molar-refractivity contribution >= 4 is 28.3 Å². The number of hydrogen-bond acceptors (Lipinski definition) is 5. The van der Waals surface area contributed by atoms with Crippen molar-refractivity contribution < 1.29 is 18.7 Å². The number of allylic oxidation sites excluding steroid dienone is 1. The summed E-state index contributed by atoms with van der Waals surface area (Å²) in [7, 11) is 1.65. The molecule has 1 amide bonds. The molecular weight excluding hydrogens is 428 g/mol. The highest BCUT2D eigenvalue weighted by Gasteiger charge is 2.19. The molecule has 2 aromatic heterocycles. The highest BCUT2D eigenvalue weighted by molar-refractivity contribution is 6.05. The molecule has 0 spiro atoms. The first-order valence-corrected chi connectivity index (χ1v) is 11.2. The zero-order chi connectivity index (χ0) is 24.2. The SMILES string of the molecule is CCOc1c(/C(C)=C/C(=O)Nc2cc(C)ccn2)cc2c(-c3cccc(OC)c3)coc2c1C. The molecule has 0 saturated heterocycles. The van der Waals surface area contributed by atoms with Crippen LogP contribution in [0.3, 0.4) is 0 Å². The number of aryl methyl sites for hydroxylation is 2. The van der Waals surface area contributed by atoms with E-state index in [-0.39, 0.29) is 5.91 Å². The average molecular weight is 457 g/mol. The number of fused-ring (bicyclic) bond motifs is 1. The third kappa shape index (κ3) is 4.66. The maximum absolute atomic E-state index is 12.7. The highest BCUT2D eigenvalue weighted by Crippen LogP contribution is 2.41. The summed E-state index contributed by atoms with van der Waals surface area (Å²) in [6.45, 7) is 8.26. The van der Waals surface area contributed by atoms with E-state index in [0.29, 0.717) is 18.2 Å². The van der Waals surface area contributed by atoms with E-state index in [1.54, 1.807) is 25.6 Å². The van der Waals surface area contributed by atoms with Gasteiger partial charge in [0.05, 0.1) is 20.0 Å². The summed E-state index contributed by atoms with van der Waals surface area (Å²) >= 11 is 0. The molecule has 0 atom stereocenters. The Morgan fingerprint density at radius 1 is 1.18 bits per heavy atom. The molecule has 4 aromatic rings. The fraction of sp³-hybridized carbons (Fsp3) is 0.214. The van der Waals surface area contributed by atoms with Crippen molar-refractivity contribution in [2.45, 2.75) is 27.7 Å². The molecule has 0 unspecified atom stereocenters. The second-order valence-electron chi connectivity index (χ2n) is 8.10. The maximum Gasteiger partial charge on any atom is 0.249 e. The Hall–Kier alpha value is -4.06. The molecule has 1 N–H and O–H groups in total. The van der Waals surface area contributed by atoms with Gasteiger partial charge in [0, 0.05) is 34.3 Å². The van der Waals surface area contributed by atoms with E-state index in [1.807, 2.05) is 70.2 Å². The van der Waals surface area contributed by atoms with Crippen molar-refractivity contribution in [3.8, 4) is 22.6 Å². The van der Waals surface area contributed by atoms with Crippen LogP contribution in [0, 0.1) is 13.8 Å². The van der Waals surface area contributed by atoms with E-state index in [9.17, 15) is 4.79 Å². The van der Waals surface area contributed by atoms with Gasteiger partial charge in [-0.25, -0.2) is 4.98 Å². The molecule has 2 heterocycles. The van der Waals surface area contributed by atoms with Crippen molar-refractivity contribution in [2.24, 2.45) is 0 Å². The van der Waals surface area contributed by atoms with Crippen LogP contribution in [-0.2, 0) is 4.79 Å². The van der Waals surface area contributed by atoms with Crippen molar-refractivity contribution in [1.29, 1.82) is 0 Å². The number of nitrogens with zero attached hydrogens (tertiary/aromatic N) is 1. The van der Waals surface area contributed by atoms with Crippen LogP contribution >= 0.6 is 0 Å². The lowest BCUT2D eigenvalue weighted by Gasteiger charge is -2.15. The van der Waals surface area contributed by atoms with Gasteiger partial charge in [-0.15, -0.1) is 0 Å². The summed E-state index contributed by atoms with van der Waals surface area (Å²) in [4.78, 5) is 16.9. The Morgan fingerprint density at radius 2 is 2.00 bits per heavy atom. The molecule has 2 aromatic carbocycles. The Kier molecular flexibility index (Phi) is 6.68. The number of amides is 1. The lowest BCUT2D eigenvalue weighted by atomic mass is 9.96. The van der Waals surface area contributed by atoms with Gasteiger partial charge in [-0.05, 0) is 74.7 Å². The molecule has 0 saturated carbocycles. The van der Waals surface area contributed by atoms with E-state index in [4.69, 9.17) is 13.9 Å². The van der Waals surface area contributed by atoms with E-state index < -0.39 is 0 Å². The zero-order valence-electron chi connectivity index (χ0n) is 20.1. The smallest absolute Gasteiger partial charge is 0.249 e. The number of carbonyl (C=O) groups is 1. The fourth-order valence-corrected chi connectivity index (χ4v) is 3.99. The van der Waals surface area contributed by atoms with Crippen molar-refractivity contribution in [1.82, 2.24) is 4.98 Å². The quantitative estimate of drug-likeness (QED) is 0.319. The molecule has 0 aliphatic rings. The van der Waals surface area contributed by atoms with Crippen LogP contribution in [0.25, 0.3) is 27.7 Å². The van der Waals surface area contributed by atoms with Crippen molar-refractivity contribution in [3.05, 3.63) is 77.7 Å². The van der Waals surface area contributed by atoms with Crippen LogP contribution in [0.15, 0.2) is 65.4 Å². The van der Waals surface area contributed by atoms with Gasteiger partial charge in [0.15, 0.2) is 0 Å². The van der Waals surface area contributed by atoms with Gasteiger partial charge >= 0.3 is 0 Å². The van der Waals surface area contributed by atoms with Gasteiger partial charge < -0.3 is 19.2 Å². The average Bonchev–Trinajstić information content (AvgIpc) is 3.25. The molecule has 0 fully saturated rings. The predicted octanol–water partition coefficient (Wildman–Crippen LogP) is 6.56. The molecule has 6 nitrogen and oxygen atoms in total. The van der Waals surface area contributed by atoms with Gasteiger partial charge in [0.2, 0.25) is 5.91 Å². The number of methoxy groups -OCH3 is 1. The minimum absolute atomic E-state index is 0.254. The third-order valence-electron chi connectivity index (χ3n) is 5.65. The molecular formula is C28H28N2O4. The molecule has 0 bridgehead atoms. The van der Waals surface area contributed by atoms with Crippen LogP contribution in [0.2, 0.25) is 0 Å². The normalized spacial score (nSPS) is 11.5. The molecule has 4 rings (SSSR count). The van der Waals surface area contributed by atoms with Gasteiger partial charge in [-0.3, -0.25) is 4.79 Å². The molecule has 0 aliphatic heterocycles. The topological polar surface area (TPSA) is 73.6 Å². The largest absolute Gasteiger partial charge is 0.497 e. The summed E-state index contributed by atoms with van der Waals surface area (Å²) in [6.07, 6.45) is 4.99. The number of anilines is 1. The zero-order valence-corrected chi connectivity index (χ0v) is 20.1. The Bertz CT molecular complexity index is 1380. The fourth-order valence-electron chi connectivity index (χ4n) is 3.99. The van der Waals surface area contributed by atoms with Crippen molar-refractivity contribution in [2.75, 3.05) is 19.0 Å². The van der Waals surface area contributed by atoms with Crippen LogP contribution in [-0.4, -0.2) is 24.6 Å². The Morgan fingerprint density at radius 3 is 2.74 bits per heavy atom. The Balaban J connectivity index is 1.79. The number of rotatable bonds is 7. The van der Waals surface area contributed by atoms with Gasteiger partial charge in [0.1, 0.15) is 22.9 Å². The van der Waals surface area contributed by atoms with E-state index in [0.717, 1.165) is 50.1 Å². The summed E-state index contributed by atoms with van der Waals surface area (Å²) in [5, 5.41) is 3.77. The minimum atomic E-state index is -0.254. The first-order valence-electron chi connectivity index (χ1n) is 11.2. The third-order valence-corrected chi connectivity index (χ3v) is 5.65. The standard InChI is InChI=1S/C28H28N2O4/c1-6-33-27-19(4)28-23(24(16-34-28)20-8-7-9-21(14-20)32-5)15-22(27)18(3)13-26(31)30-25-12-17(2)10-11-29-25/h7-16H,6H2,1-5H3,(H,29,30,31)/b18-13+. The number of hydrogen-bond donors (Lipinski definition) is 1. The summed E-state index contributed by atoms with van der Waals surface area (Å²) in [5.41, 5.74) is 6.21. The first kappa shape index (κ1) is 23.1. The van der Waals surface area contributed by atoms with Gasteiger partial charge in [0.25, 0.3) is 0 Å². The Labute approximate surface area is 199 Å². The second kappa shape index (κ2) is 9.83. The summed E-state index contributed by atoms with van der Waals surface area (Å²) in [5.74, 6) is 1.74. The molecule has 34 heavy (non-hydrogen) atoms. The minimum Gasteiger partial charge on any atom is -0.497 e. The monoisotopic (exact) mass is 456 g/mol. The number of nitrogens with one attached hydrogen (secondary N) is 1. The van der Waals surface area contributed by atoms with Crippen LogP contribution in [0.5, 0.6) is 11.5 Å². The lowest BCUT2D eigenvalue weighted by molar-refractivity contribution is -0.111. The molecule has 0 aliphatic carbocycles. The van der Waals surface area contributed by atoms with Crippen LogP contribution in [0.1, 0.15) is 30.5 Å². The second-order valence-corrected chi connectivity index (χ2v) is 8.10. The lowest BCUT2D eigenvalue weighted by Crippen LogP contribution is -2.10. The van der Waals surface area contributed by atoms with Crippen LogP contribution in [0.4, 0.5) is 5.82 Å². The van der Waals surface area contributed by atoms with E-state index in [2.05, 4.69) is 10.3 Å². The van der Waals surface area contributed by atoms with Gasteiger partial charge in [-0.1, -0.05) is 12.1 Å². The molecule has 6 heteroatoms. The number of carbonyl (C=O) groups excluding carboxylic acids is 1. The number of pyridine rings is 1. The first-order chi connectivity index (χ1) is 16.4. The maximum atomic E-state index is 12.7. The molecule has 174 valence electrons. The molecule has 0 radical (unpaired) electrons. The highest BCUT2D eigenvalue weighted by atomic mass is 16.5. The number of furan rings is 1. The van der Waals surface area contributed by atoms with Gasteiger partial charge in [-0.2, -0.15) is 0 Å². The summed E-state index contributed by atoms with van der Waals surface area (Å²) in [6, 6.07) is 13.6. The predicted molar refractivity (Wildman–Crippen MR) is 135 cm³/mol. The number of ether oxygens (including phenoxy) is 2. The van der Waals surface area contributed by atoms with E-state index in [1.165, 1.54) is 0 Å². The number of aromatic nitrogens is 1. The number of benzene rings is 2. The van der Waals surface area contributed by atoms with Crippen molar-refractivity contribution in [3.63, 3.8) is 0 Å². The van der Waals surface area contributed by atoms with E-state index >= 15 is 0 Å².